The Kier molecular flexibility index (Phi) is 3.78. The number of benzene rings is 1. The number of aliphatic carboxylic acids is 1. The monoisotopic (exact) mass is 285 g/mol. The molecule has 4 nitrogen and oxygen atoms in total. The first kappa shape index (κ1) is 13.9. The van der Waals surface area contributed by atoms with Gasteiger partial charge in [-0.25, -0.2) is 0 Å². The summed E-state index contributed by atoms with van der Waals surface area (Å²) in [5.41, 5.74) is 1.92. The number of fused-ring (bicyclic) bond motifs is 1. The number of hydrogen-bond acceptors (Lipinski definition) is 3. The lowest BCUT2D eigenvalue weighted by molar-refractivity contribution is -0.137. The fraction of sp³-hybridized carbons (Fsp3) is 0.412. The second kappa shape index (κ2) is 5.72. The zero-order valence-corrected chi connectivity index (χ0v) is 12.1. The minimum Gasteiger partial charge on any atom is -0.492 e. The molecule has 4 heteroatoms. The van der Waals surface area contributed by atoms with Gasteiger partial charge in [0.05, 0.1) is 13.0 Å². The smallest absolute Gasteiger partial charge is 0.303 e. The van der Waals surface area contributed by atoms with Crippen molar-refractivity contribution in [3.63, 3.8) is 0 Å². The molecule has 0 aliphatic heterocycles. The number of carbonyl (C=O) groups is 1. The van der Waals surface area contributed by atoms with Crippen LogP contribution in [0.25, 0.3) is 10.9 Å². The Balaban J connectivity index is 2.09. The van der Waals surface area contributed by atoms with Gasteiger partial charge in [-0.2, -0.15) is 0 Å². The van der Waals surface area contributed by atoms with Crippen LogP contribution in [0.5, 0.6) is 5.75 Å². The molecule has 1 atom stereocenters. The molecule has 3 rings (SSSR count). The summed E-state index contributed by atoms with van der Waals surface area (Å²) in [6.07, 6.45) is 4.17. The van der Waals surface area contributed by atoms with Crippen molar-refractivity contribution in [1.29, 1.82) is 0 Å². The Labute approximate surface area is 123 Å². The molecule has 2 aromatic rings. The van der Waals surface area contributed by atoms with E-state index in [1.165, 1.54) is 0 Å². The highest BCUT2D eigenvalue weighted by atomic mass is 16.5. The predicted molar refractivity (Wildman–Crippen MR) is 80.6 cm³/mol. The minimum atomic E-state index is -0.738. The van der Waals surface area contributed by atoms with E-state index in [-0.39, 0.29) is 12.3 Å². The van der Waals surface area contributed by atoms with Crippen LogP contribution < -0.4 is 4.74 Å². The number of hydrogen-bond donors (Lipinski definition) is 1. The van der Waals surface area contributed by atoms with E-state index in [0.717, 1.165) is 35.1 Å². The Morgan fingerprint density at radius 1 is 1.43 bits per heavy atom. The number of pyridine rings is 1. The largest absolute Gasteiger partial charge is 0.492 e. The third-order valence-electron chi connectivity index (χ3n) is 4.05. The summed E-state index contributed by atoms with van der Waals surface area (Å²) >= 11 is 0. The highest BCUT2D eigenvalue weighted by molar-refractivity contribution is 5.88. The molecule has 1 aromatic heterocycles. The van der Waals surface area contributed by atoms with Gasteiger partial charge in [-0.3, -0.25) is 9.78 Å². The van der Waals surface area contributed by atoms with Crippen LogP contribution in [-0.2, 0) is 4.79 Å². The highest BCUT2D eigenvalue weighted by Gasteiger charge is 2.34. The molecule has 0 spiro atoms. The number of carboxylic acid groups (broad SMARTS) is 1. The lowest BCUT2D eigenvalue weighted by Crippen LogP contribution is -2.09. The lowest BCUT2D eigenvalue weighted by Gasteiger charge is -2.18. The Hall–Kier alpha value is -2.10. The normalized spacial score (nSPS) is 15.9. The van der Waals surface area contributed by atoms with Gasteiger partial charge in [-0.05, 0) is 49.3 Å². The van der Waals surface area contributed by atoms with Crippen molar-refractivity contribution in [2.24, 2.45) is 5.92 Å². The van der Waals surface area contributed by atoms with Gasteiger partial charge in [0.1, 0.15) is 11.3 Å². The standard InChI is InChI=1S/C17H19NO3/c1-2-21-15-8-7-12(13-4-3-9-18-17(13)15)14(10-16(19)20)11-5-6-11/h3-4,7-9,11,14H,2,5-6,10H2,1H3,(H,19,20). The Morgan fingerprint density at radius 2 is 2.24 bits per heavy atom. The maximum absolute atomic E-state index is 11.2. The van der Waals surface area contributed by atoms with Crippen LogP contribution in [-0.4, -0.2) is 22.7 Å². The van der Waals surface area contributed by atoms with Crippen LogP contribution in [0.3, 0.4) is 0 Å². The third-order valence-corrected chi connectivity index (χ3v) is 4.05. The molecular weight excluding hydrogens is 266 g/mol. The number of nitrogens with zero attached hydrogens (tertiary/aromatic N) is 1. The van der Waals surface area contributed by atoms with E-state index in [2.05, 4.69) is 4.98 Å². The molecule has 1 heterocycles. The molecule has 1 aliphatic rings. The van der Waals surface area contributed by atoms with E-state index in [1.54, 1.807) is 6.20 Å². The van der Waals surface area contributed by atoms with E-state index < -0.39 is 5.97 Å². The van der Waals surface area contributed by atoms with Gasteiger partial charge < -0.3 is 9.84 Å². The number of carboxylic acids is 1. The van der Waals surface area contributed by atoms with Crippen LogP contribution in [0.1, 0.15) is 37.7 Å². The van der Waals surface area contributed by atoms with Crippen molar-refractivity contribution in [1.82, 2.24) is 4.98 Å². The van der Waals surface area contributed by atoms with Crippen LogP contribution >= 0.6 is 0 Å². The summed E-state index contributed by atoms with van der Waals surface area (Å²) in [6.45, 7) is 2.53. The third kappa shape index (κ3) is 2.84. The molecule has 0 radical (unpaired) electrons. The van der Waals surface area contributed by atoms with E-state index >= 15 is 0 Å². The van der Waals surface area contributed by atoms with Crippen molar-refractivity contribution < 1.29 is 14.6 Å². The van der Waals surface area contributed by atoms with Crippen LogP contribution in [0.4, 0.5) is 0 Å². The molecule has 1 aromatic carbocycles. The topological polar surface area (TPSA) is 59.4 Å². The molecule has 0 amide bonds. The molecular formula is C17H19NO3. The number of aromatic nitrogens is 1. The zero-order valence-electron chi connectivity index (χ0n) is 12.1. The van der Waals surface area contributed by atoms with Crippen molar-refractivity contribution in [2.45, 2.75) is 32.1 Å². The number of rotatable bonds is 6. The second-order valence-electron chi connectivity index (χ2n) is 5.53. The average Bonchev–Trinajstić information content (AvgIpc) is 3.30. The fourth-order valence-corrected chi connectivity index (χ4v) is 2.98. The summed E-state index contributed by atoms with van der Waals surface area (Å²) in [7, 11) is 0. The first-order valence-corrected chi connectivity index (χ1v) is 7.43. The molecule has 21 heavy (non-hydrogen) atoms. The van der Waals surface area contributed by atoms with E-state index in [1.807, 2.05) is 31.2 Å². The van der Waals surface area contributed by atoms with E-state index in [4.69, 9.17) is 4.74 Å². The molecule has 110 valence electrons. The van der Waals surface area contributed by atoms with Crippen LogP contribution in [0, 0.1) is 5.92 Å². The maximum Gasteiger partial charge on any atom is 0.303 e. The van der Waals surface area contributed by atoms with Gasteiger partial charge in [0, 0.05) is 11.6 Å². The van der Waals surface area contributed by atoms with Gasteiger partial charge in [-0.1, -0.05) is 12.1 Å². The highest BCUT2D eigenvalue weighted by Crippen LogP contribution is 2.46. The van der Waals surface area contributed by atoms with Gasteiger partial charge in [0.15, 0.2) is 0 Å². The minimum absolute atomic E-state index is 0.0740. The van der Waals surface area contributed by atoms with Gasteiger partial charge >= 0.3 is 5.97 Å². The molecule has 0 saturated heterocycles. The zero-order chi connectivity index (χ0) is 14.8. The molecule has 1 N–H and O–H groups in total. The lowest BCUT2D eigenvalue weighted by atomic mass is 9.88. The molecule has 1 saturated carbocycles. The summed E-state index contributed by atoms with van der Waals surface area (Å²) in [5.74, 6) is 0.590. The first-order valence-electron chi connectivity index (χ1n) is 7.43. The van der Waals surface area contributed by atoms with Crippen molar-refractivity contribution in [2.75, 3.05) is 6.61 Å². The first-order chi connectivity index (χ1) is 10.2. The summed E-state index contributed by atoms with van der Waals surface area (Å²) < 4.78 is 5.63. The average molecular weight is 285 g/mol. The maximum atomic E-state index is 11.2. The summed E-state index contributed by atoms with van der Waals surface area (Å²) in [5, 5.41) is 10.2. The SMILES string of the molecule is CCOc1ccc(C(CC(=O)O)C2CC2)c2cccnc12. The van der Waals surface area contributed by atoms with Crippen molar-refractivity contribution in [3.05, 3.63) is 36.0 Å². The molecule has 1 fully saturated rings. The van der Waals surface area contributed by atoms with Crippen LogP contribution in [0.2, 0.25) is 0 Å². The van der Waals surface area contributed by atoms with Crippen molar-refractivity contribution in [3.8, 4) is 5.75 Å². The predicted octanol–water partition coefficient (Wildman–Crippen LogP) is 3.60. The van der Waals surface area contributed by atoms with Crippen molar-refractivity contribution >= 4 is 16.9 Å². The molecule has 0 bridgehead atoms. The van der Waals surface area contributed by atoms with Gasteiger partial charge in [0.25, 0.3) is 0 Å². The van der Waals surface area contributed by atoms with Gasteiger partial charge in [0.2, 0.25) is 0 Å². The molecule has 1 aliphatic carbocycles. The summed E-state index contributed by atoms with van der Waals surface area (Å²) in [6, 6.07) is 7.84. The summed E-state index contributed by atoms with van der Waals surface area (Å²) in [4.78, 5) is 15.6. The Bertz CT molecular complexity index is 664. The quantitative estimate of drug-likeness (QED) is 0.881. The Morgan fingerprint density at radius 3 is 2.90 bits per heavy atom. The second-order valence-corrected chi connectivity index (χ2v) is 5.53. The van der Waals surface area contributed by atoms with E-state index in [0.29, 0.717) is 12.5 Å². The van der Waals surface area contributed by atoms with Crippen LogP contribution in [0.15, 0.2) is 30.5 Å². The molecule has 1 unspecified atom stereocenters. The van der Waals surface area contributed by atoms with Gasteiger partial charge in [-0.15, -0.1) is 0 Å². The van der Waals surface area contributed by atoms with E-state index in [9.17, 15) is 9.90 Å². The number of ether oxygens (including phenoxy) is 1. The fourth-order valence-electron chi connectivity index (χ4n) is 2.98.